The van der Waals surface area contributed by atoms with Gasteiger partial charge in [0.05, 0.1) is 20.3 Å². The molecule has 0 bridgehead atoms. The zero-order valence-electron chi connectivity index (χ0n) is 27.8. The van der Waals surface area contributed by atoms with Gasteiger partial charge in [-0.1, -0.05) is 57.4 Å². The van der Waals surface area contributed by atoms with E-state index >= 15 is 0 Å². The number of methoxy groups -OCH3 is 1. The molecule has 2 aromatic carbocycles. The zero-order valence-corrected chi connectivity index (χ0v) is 27.8. The van der Waals surface area contributed by atoms with Crippen LogP contribution in [0.25, 0.3) is 16.9 Å². The number of carboxylic acid groups (broad SMARTS) is 1. The van der Waals surface area contributed by atoms with E-state index in [0.717, 1.165) is 74.4 Å². The van der Waals surface area contributed by atoms with Crippen molar-refractivity contribution in [3.63, 3.8) is 0 Å². The Balaban J connectivity index is 1.36. The normalized spacial score (nSPS) is 11.5. The first-order valence-corrected chi connectivity index (χ1v) is 16.5. The van der Waals surface area contributed by atoms with Crippen molar-refractivity contribution in [2.75, 3.05) is 40.1 Å². The topological polar surface area (TPSA) is 112 Å². The molecule has 9 heteroatoms. The van der Waals surface area contributed by atoms with Crippen molar-refractivity contribution in [1.82, 2.24) is 15.3 Å². The van der Waals surface area contributed by atoms with Crippen LogP contribution in [0, 0.1) is 0 Å². The number of aromatic nitrogens is 2. The third kappa shape index (κ3) is 13.1. The minimum Gasteiger partial charge on any atom is -0.497 e. The Morgan fingerprint density at radius 3 is 2.17 bits per heavy atom. The van der Waals surface area contributed by atoms with Gasteiger partial charge in [0.15, 0.2) is 11.6 Å². The predicted octanol–water partition coefficient (Wildman–Crippen LogP) is 8.29. The average molecular weight is 634 g/mol. The molecule has 0 spiro atoms. The fourth-order valence-electron chi connectivity index (χ4n) is 5.15. The number of nitrogens with one attached hydrogen (secondary N) is 1. The van der Waals surface area contributed by atoms with Gasteiger partial charge in [0, 0.05) is 37.7 Å². The Kier molecular flexibility index (Phi) is 16.5. The molecule has 9 nitrogen and oxygen atoms in total. The maximum Gasteiger partial charge on any atom is 0.404 e. The summed E-state index contributed by atoms with van der Waals surface area (Å²) in [5, 5.41) is 10.9. The predicted molar refractivity (Wildman–Crippen MR) is 183 cm³/mol. The molecule has 0 saturated heterocycles. The van der Waals surface area contributed by atoms with Crippen LogP contribution in [0.15, 0.2) is 61.4 Å². The van der Waals surface area contributed by atoms with Crippen molar-refractivity contribution in [1.29, 1.82) is 0 Å². The van der Waals surface area contributed by atoms with Gasteiger partial charge >= 0.3 is 6.09 Å². The number of unbranched alkanes of at least 4 members (excludes halogenated alkanes) is 6. The summed E-state index contributed by atoms with van der Waals surface area (Å²) in [4.78, 5) is 19.3. The van der Waals surface area contributed by atoms with Gasteiger partial charge in [-0.3, -0.25) is 0 Å². The molecule has 1 unspecified atom stereocenters. The maximum absolute atomic E-state index is 10.4. The molecule has 1 heterocycles. The second-order valence-corrected chi connectivity index (χ2v) is 11.4. The quantitative estimate of drug-likeness (QED) is 0.0793. The van der Waals surface area contributed by atoms with Gasteiger partial charge in [-0.25, -0.2) is 14.8 Å². The van der Waals surface area contributed by atoms with E-state index < -0.39 is 6.09 Å². The molecule has 1 aromatic heterocycles. The van der Waals surface area contributed by atoms with E-state index in [1.165, 1.54) is 30.4 Å². The van der Waals surface area contributed by atoms with Gasteiger partial charge < -0.3 is 29.4 Å². The Labute approximate surface area is 274 Å². The average Bonchev–Trinajstić information content (AvgIpc) is 3.07. The smallest absolute Gasteiger partial charge is 0.404 e. The third-order valence-electron chi connectivity index (χ3n) is 7.77. The molecule has 0 saturated carbocycles. The summed E-state index contributed by atoms with van der Waals surface area (Å²) in [6.07, 6.45) is 12.1. The molecule has 3 rings (SSSR count). The highest BCUT2D eigenvalue weighted by Crippen LogP contribution is 2.32. The van der Waals surface area contributed by atoms with Gasteiger partial charge in [0.1, 0.15) is 11.5 Å². The Morgan fingerprint density at radius 2 is 1.52 bits per heavy atom. The number of amides is 1. The fraction of sp³-hybridized carbons (Fsp3) is 0.486. The van der Waals surface area contributed by atoms with E-state index in [-0.39, 0.29) is 0 Å². The Hall–Kier alpha value is -4.11. The van der Waals surface area contributed by atoms with Crippen molar-refractivity contribution in [3.05, 3.63) is 78.4 Å². The van der Waals surface area contributed by atoms with Crippen LogP contribution in [0.4, 0.5) is 4.79 Å². The molecule has 46 heavy (non-hydrogen) atoms. The van der Waals surface area contributed by atoms with Crippen molar-refractivity contribution < 1.29 is 28.8 Å². The van der Waals surface area contributed by atoms with Gasteiger partial charge in [-0.15, -0.1) is 0 Å². The third-order valence-corrected chi connectivity index (χ3v) is 7.77. The van der Waals surface area contributed by atoms with Crippen molar-refractivity contribution in [2.45, 2.75) is 77.6 Å². The number of ether oxygens (including phenoxy) is 4. The highest BCUT2D eigenvalue weighted by Gasteiger charge is 2.14. The number of nitrogens with zero attached hydrogens (tertiary/aromatic N) is 2. The van der Waals surface area contributed by atoms with Crippen LogP contribution in [-0.2, 0) is 15.9 Å². The van der Waals surface area contributed by atoms with Crippen molar-refractivity contribution >= 4 is 11.9 Å². The van der Waals surface area contributed by atoms with E-state index in [1.807, 2.05) is 31.5 Å². The molecule has 250 valence electrons. The molecule has 0 aliphatic heterocycles. The van der Waals surface area contributed by atoms with Gasteiger partial charge in [-0.05, 0) is 85.9 Å². The number of carbonyl (C=O) groups is 1. The second kappa shape index (κ2) is 20.8. The monoisotopic (exact) mass is 633 g/mol. The number of benzene rings is 2. The van der Waals surface area contributed by atoms with Crippen LogP contribution in [0.1, 0.15) is 88.1 Å². The summed E-state index contributed by atoms with van der Waals surface area (Å²) in [7, 11) is 1.67. The lowest BCUT2D eigenvalue weighted by Gasteiger charge is -2.17. The summed E-state index contributed by atoms with van der Waals surface area (Å²) < 4.78 is 22.6. The van der Waals surface area contributed by atoms with E-state index in [1.54, 1.807) is 7.11 Å². The second-order valence-electron chi connectivity index (χ2n) is 11.4. The SMILES string of the molecule is C=C(OCC)c1ncc(-c2cc(OC)ccc2CC(C)c2ccc(OCCCCCCCCOCCCCNC(=O)O)cc2)cn1. The first-order chi connectivity index (χ1) is 22.4. The van der Waals surface area contributed by atoms with Crippen LogP contribution in [0.3, 0.4) is 0 Å². The van der Waals surface area contributed by atoms with E-state index in [0.29, 0.717) is 37.3 Å². The molecule has 3 aromatic rings. The van der Waals surface area contributed by atoms with Gasteiger partial charge in [-0.2, -0.15) is 0 Å². The largest absolute Gasteiger partial charge is 0.497 e. The van der Waals surface area contributed by atoms with Crippen LogP contribution in [0.5, 0.6) is 11.5 Å². The van der Waals surface area contributed by atoms with E-state index in [4.69, 9.17) is 24.1 Å². The van der Waals surface area contributed by atoms with Gasteiger partial charge in [0.25, 0.3) is 0 Å². The van der Waals surface area contributed by atoms with Crippen molar-refractivity contribution in [2.24, 2.45) is 0 Å². The van der Waals surface area contributed by atoms with Crippen LogP contribution in [-0.4, -0.2) is 61.2 Å². The minimum atomic E-state index is -0.968. The van der Waals surface area contributed by atoms with Crippen LogP contribution >= 0.6 is 0 Å². The molecular weight excluding hydrogens is 582 g/mol. The molecule has 1 amide bonds. The lowest BCUT2D eigenvalue weighted by Crippen LogP contribution is -2.22. The molecular formula is C37H51N3O6. The lowest BCUT2D eigenvalue weighted by atomic mass is 9.90. The lowest BCUT2D eigenvalue weighted by molar-refractivity contribution is 0.126. The van der Waals surface area contributed by atoms with E-state index in [2.05, 4.69) is 59.1 Å². The van der Waals surface area contributed by atoms with Crippen molar-refractivity contribution in [3.8, 4) is 22.6 Å². The Bertz CT molecular complexity index is 1310. The molecule has 0 radical (unpaired) electrons. The summed E-state index contributed by atoms with van der Waals surface area (Å²) >= 11 is 0. The summed E-state index contributed by atoms with van der Waals surface area (Å²) in [5.74, 6) is 2.95. The van der Waals surface area contributed by atoms with Gasteiger partial charge in [0.2, 0.25) is 0 Å². The summed E-state index contributed by atoms with van der Waals surface area (Å²) in [5.41, 5.74) is 4.42. The highest BCUT2D eigenvalue weighted by atomic mass is 16.5. The first-order valence-electron chi connectivity index (χ1n) is 16.5. The standard InChI is InChI=1S/C37H51N3O6/c1-5-45-29(3)36-39-26-32(27-40-36)35-25-34(43-4)19-16-31(35)24-28(2)30-14-17-33(18-15-30)46-23-12-9-7-6-8-11-21-44-22-13-10-20-38-37(41)42/h14-19,25-28,38H,3,5-13,20-24H2,1-2,4H3,(H,41,42). The fourth-order valence-corrected chi connectivity index (χ4v) is 5.15. The zero-order chi connectivity index (χ0) is 33.0. The first kappa shape index (κ1) is 36.4. The highest BCUT2D eigenvalue weighted by molar-refractivity contribution is 5.68. The maximum atomic E-state index is 10.4. The molecule has 0 fully saturated rings. The molecule has 0 aliphatic rings. The number of rotatable bonds is 23. The molecule has 0 aliphatic carbocycles. The van der Waals surface area contributed by atoms with Crippen LogP contribution < -0.4 is 14.8 Å². The molecule has 2 N–H and O–H groups in total. The number of hydrogen-bond acceptors (Lipinski definition) is 7. The van der Waals surface area contributed by atoms with E-state index in [9.17, 15) is 4.79 Å². The molecule has 1 atom stereocenters. The Morgan fingerprint density at radius 1 is 0.891 bits per heavy atom. The summed E-state index contributed by atoms with van der Waals surface area (Å²) in [6.45, 7) is 11.3. The minimum absolute atomic E-state index is 0.297. The number of hydrogen-bond donors (Lipinski definition) is 2. The summed E-state index contributed by atoms with van der Waals surface area (Å²) in [6, 6.07) is 14.6. The van der Waals surface area contributed by atoms with Crippen LogP contribution in [0.2, 0.25) is 0 Å².